The van der Waals surface area contributed by atoms with Gasteiger partial charge >= 0.3 is 5.97 Å². The highest BCUT2D eigenvalue weighted by Crippen LogP contribution is 2.27. The molecule has 0 aliphatic carbocycles. The van der Waals surface area contributed by atoms with Gasteiger partial charge in [-0.1, -0.05) is 13.3 Å². The Bertz CT molecular complexity index is 934. The summed E-state index contributed by atoms with van der Waals surface area (Å²) in [4.78, 5) is 15.5. The van der Waals surface area contributed by atoms with Crippen LogP contribution in [0.3, 0.4) is 0 Å². The third kappa shape index (κ3) is 4.12. The predicted molar refractivity (Wildman–Crippen MR) is 98.0 cm³/mol. The molecule has 0 spiro atoms. The molecule has 2 N–H and O–H groups in total. The van der Waals surface area contributed by atoms with E-state index < -0.39 is 22.0 Å². The van der Waals surface area contributed by atoms with E-state index in [9.17, 15) is 18.3 Å². The first-order valence-electron chi connectivity index (χ1n) is 9.01. The van der Waals surface area contributed by atoms with Crippen molar-refractivity contribution in [3.63, 3.8) is 0 Å². The first kappa shape index (κ1) is 19.7. The minimum Gasteiger partial charge on any atom is -0.480 e. The molecule has 1 aliphatic rings. The van der Waals surface area contributed by atoms with E-state index in [-0.39, 0.29) is 17.4 Å². The number of carboxylic acid groups (broad SMARTS) is 1. The van der Waals surface area contributed by atoms with E-state index in [1.54, 1.807) is 13.8 Å². The molecule has 148 valence electrons. The molecule has 2 aromatic rings. The van der Waals surface area contributed by atoms with Gasteiger partial charge in [0.15, 0.2) is 5.65 Å². The average Bonchev–Trinajstić information content (AvgIpc) is 2.98. The molecule has 9 nitrogen and oxygen atoms in total. The normalized spacial score (nSPS) is 17.3. The molecule has 27 heavy (non-hydrogen) atoms. The lowest BCUT2D eigenvalue weighted by Gasteiger charge is -2.22. The van der Waals surface area contributed by atoms with Crippen molar-refractivity contribution in [3.05, 3.63) is 18.0 Å². The van der Waals surface area contributed by atoms with Crippen LogP contribution >= 0.6 is 0 Å². The first-order valence-corrected chi connectivity index (χ1v) is 10.5. The average molecular weight is 396 g/mol. The molecule has 0 amide bonds. The lowest BCUT2D eigenvalue weighted by atomic mass is 10.1. The van der Waals surface area contributed by atoms with Crippen LogP contribution in [-0.4, -0.2) is 53.5 Å². The number of aromatic nitrogens is 3. The first-order chi connectivity index (χ1) is 12.8. The van der Waals surface area contributed by atoms with E-state index in [2.05, 4.69) is 14.8 Å². The molecule has 0 saturated carbocycles. The zero-order chi connectivity index (χ0) is 19.6. The summed E-state index contributed by atoms with van der Waals surface area (Å²) in [5.74, 6) is -1.20. The number of aliphatic carboxylic acids is 1. The number of nitrogens with zero attached hydrogens (tertiary/aromatic N) is 3. The molecule has 1 fully saturated rings. The molecule has 3 rings (SSSR count). The Hall–Kier alpha value is -2.04. The maximum absolute atomic E-state index is 12.6. The second-order valence-electron chi connectivity index (χ2n) is 6.72. The van der Waals surface area contributed by atoms with E-state index in [1.165, 1.54) is 12.3 Å². The van der Waals surface area contributed by atoms with E-state index in [0.29, 0.717) is 36.4 Å². The Morgan fingerprint density at radius 1 is 1.44 bits per heavy atom. The lowest BCUT2D eigenvalue weighted by Crippen LogP contribution is -2.40. The highest BCUT2D eigenvalue weighted by Gasteiger charge is 2.27. The molecule has 10 heteroatoms. The number of hydrogen-bond donors (Lipinski definition) is 2. The highest BCUT2D eigenvalue weighted by molar-refractivity contribution is 7.89. The van der Waals surface area contributed by atoms with Crippen molar-refractivity contribution < 1.29 is 23.1 Å². The Kier molecular flexibility index (Phi) is 5.78. The number of rotatable bonds is 7. The fourth-order valence-corrected chi connectivity index (χ4v) is 4.45. The third-order valence-corrected chi connectivity index (χ3v) is 6.16. The number of nitrogens with one attached hydrogen (secondary N) is 1. The monoisotopic (exact) mass is 396 g/mol. The number of ether oxygens (including phenoxy) is 1. The van der Waals surface area contributed by atoms with Gasteiger partial charge in [0.25, 0.3) is 0 Å². The van der Waals surface area contributed by atoms with E-state index in [1.807, 2.05) is 4.68 Å². The van der Waals surface area contributed by atoms with Crippen molar-refractivity contribution in [1.82, 2.24) is 19.5 Å². The lowest BCUT2D eigenvalue weighted by molar-refractivity contribution is -0.139. The molecule has 0 bridgehead atoms. The Labute approximate surface area is 157 Å². The number of aryl methyl sites for hydroxylation is 1. The SMILES string of the molecule is CCCC(NS(=O)(=O)c1cnc2c(c1)c(C)nn2C1CCOCC1)C(=O)O. The van der Waals surface area contributed by atoms with Crippen LogP contribution in [0.1, 0.15) is 44.3 Å². The summed E-state index contributed by atoms with van der Waals surface area (Å²) in [5.41, 5.74) is 1.31. The summed E-state index contributed by atoms with van der Waals surface area (Å²) in [7, 11) is -4.00. The van der Waals surface area contributed by atoms with Crippen LogP contribution in [-0.2, 0) is 19.6 Å². The number of pyridine rings is 1. The van der Waals surface area contributed by atoms with Crippen LogP contribution in [0.4, 0.5) is 0 Å². The van der Waals surface area contributed by atoms with Gasteiger partial charge in [0, 0.05) is 24.8 Å². The van der Waals surface area contributed by atoms with Crippen LogP contribution in [0.15, 0.2) is 17.2 Å². The van der Waals surface area contributed by atoms with Gasteiger partial charge in [0.05, 0.1) is 11.7 Å². The summed E-state index contributed by atoms with van der Waals surface area (Å²) in [6.07, 6.45) is 3.68. The molecular formula is C17H24N4O5S. The molecule has 1 atom stereocenters. The van der Waals surface area contributed by atoms with Gasteiger partial charge in [-0.25, -0.2) is 18.1 Å². The van der Waals surface area contributed by atoms with Crippen molar-refractivity contribution in [2.75, 3.05) is 13.2 Å². The Balaban J connectivity index is 1.94. The van der Waals surface area contributed by atoms with E-state index in [4.69, 9.17) is 4.74 Å². The van der Waals surface area contributed by atoms with Gasteiger partial charge in [-0.2, -0.15) is 9.82 Å². The summed E-state index contributed by atoms with van der Waals surface area (Å²) in [6, 6.07) is 0.513. The predicted octanol–water partition coefficient (Wildman–Crippen LogP) is 1.62. The summed E-state index contributed by atoms with van der Waals surface area (Å²) in [5, 5.41) is 14.4. The smallest absolute Gasteiger partial charge is 0.321 e. The molecule has 2 aromatic heterocycles. The van der Waals surface area contributed by atoms with Crippen molar-refractivity contribution in [2.45, 2.75) is 56.5 Å². The van der Waals surface area contributed by atoms with Gasteiger partial charge in [-0.05, 0) is 32.3 Å². The largest absolute Gasteiger partial charge is 0.480 e. The van der Waals surface area contributed by atoms with Crippen molar-refractivity contribution in [3.8, 4) is 0 Å². The topological polar surface area (TPSA) is 123 Å². The maximum Gasteiger partial charge on any atom is 0.321 e. The summed E-state index contributed by atoms with van der Waals surface area (Å²) in [6.45, 7) is 4.93. The number of sulfonamides is 1. The van der Waals surface area contributed by atoms with Gasteiger partial charge in [0.1, 0.15) is 10.9 Å². The summed E-state index contributed by atoms with van der Waals surface area (Å²) < 4.78 is 34.7. The summed E-state index contributed by atoms with van der Waals surface area (Å²) >= 11 is 0. The number of hydrogen-bond acceptors (Lipinski definition) is 6. The molecule has 1 saturated heterocycles. The molecule has 0 aromatic carbocycles. The second kappa shape index (κ2) is 7.91. The highest BCUT2D eigenvalue weighted by atomic mass is 32.2. The number of fused-ring (bicyclic) bond motifs is 1. The third-order valence-electron chi connectivity index (χ3n) is 4.73. The molecule has 1 unspecified atom stereocenters. The Morgan fingerprint density at radius 3 is 2.78 bits per heavy atom. The maximum atomic E-state index is 12.6. The van der Waals surface area contributed by atoms with Gasteiger partial charge in [-0.15, -0.1) is 0 Å². The van der Waals surface area contributed by atoms with Crippen LogP contribution in [0.25, 0.3) is 11.0 Å². The minimum absolute atomic E-state index is 0.0630. The van der Waals surface area contributed by atoms with Crippen molar-refractivity contribution in [1.29, 1.82) is 0 Å². The fraction of sp³-hybridized carbons (Fsp3) is 0.588. The van der Waals surface area contributed by atoms with Crippen molar-refractivity contribution in [2.24, 2.45) is 0 Å². The second-order valence-corrected chi connectivity index (χ2v) is 8.43. The van der Waals surface area contributed by atoms with Crippen LogP contribution in [0, 0.1) is 6.92 Å². The fourth-order valence-electron chi connectivity index (χ4n) is 3.26. The number of carbonyl (C=O) groups is 1. The molecule has 3 heterocycles. The zero-order valence-corrected chi connectivity index (χ0v) is 16.2. The van der Waals surface area contributed by atoms with Gasteiger partial charge in [0.2, 0.25) is 10.0 Å². The van der Waals surface area contributed by atoms with E-state index >= 15 is 0 Å². The van der Waals surface area contributed by atoms with Crippen LogP contribution < -0.4 is 4.72 Å². The van der Waals surface area contributed by atoms with Crippen LogP contribution in [0.2, 0.25) is 0 Å². The van der Waals surface area contributed by atoms with Crippen LogP contribution in [0.5, 0.6) is 0 Å². The van der Waals surface area contributed by atoms with E-state index in [0.717, 1.165) is 12.8 Å². The zero-order valence-electron chi connectivity index (χ0n) is 15.4. The van der Waals surface area contributed by atoms with Crippen molar-refractivity contribution >= 4 is 27.0 Å². The van der Waals surface area contributed by atoms with Gasteiger partial charge in [-0.3, -0.25) is 4.79 Å². The molecular weight excluding hydrogens is 372 g/mol. The molecule has 0 radical (unpaired) electrons. The Morgan fingerprint density at radius 2 is 2.15 bits per heavy atom. The minimum atomic E-state index is -4.00. The number of carboxylic acids is 1. The standard InChI is InChI=1S/C17H24N4O5S/c1-3-4-15(17(22)23)20-27(24,25)13-9-14-11(2)19-21(16(14)18-10-13)12-5-7-26-8-6-12/h9-10,12,15,20H,3-8H2,1-2H3,(H,22,23). The van der Waals surface area contributed by atoms with Gasteiger partial charge < -0.3 is 9.84 Å². The molecule has 1 aliphatic heterocycles. The quantitative estimate of drug-likeness (QED) is 0.729.